The minimum absolute atomic E-state index is 0.546. The largest absolute Gasteiger partial charge is 0.0801 e. The fourth-order valence-corrected chi connectivity index (χ4v) is 3.43. The monoisotopic (exact) mass is 246 g/mol. The fourth-order valence-electron chi connectivity index (χ4n) is 3.43. The van der Waals surface area contributed by atoms with Crippen molar-refractivity contribution in [3.8, 4) is 0 Å². The number of rotatable bonds is 0. The van der Waals surface area contributed by atoms with Gasteiger partial charge in [-0.1, -0.05) is 55.5 Å². The third-order valence-electron chi connectivity index (χ3n) is 4.40. The average Bonchev–Trinajstić information content (AvgIpc) is 2.46. The van der Waals surface area contributed by atoms with Crippen LogP contribution < -0.4 is 10.4 Å². The Morgan fingerprint density at radius 1 is 1.00 bits per heavy atom. The summed E-state index contributed by atoms with van der Waals surface area (Å²) in [5.74, 6) is 0.546. The molecule has 0 radical (unpaired) electrons. The molecule has 0 N–H and O–H groups in total. The first-order chi connectivity index (χ1) is 9.33. The summed E-state index contributed by atoms with van der Waals surface area (Å²) < 4.78 is 0. The van der Waals surface area contributed by atoms with Crippen molar-refractivity contribution in [1.29, 1.82) is 0 Å². The van der Waals surface area contributed by atoms with Gasteiger partial charge in [0.1, 0.15) is 0 Å². The van der Waals surface area contributed by atoms with Gasteiger partial charge in [-0.3, -0.25) is 0 Å². The maximum Gasteiger partial charge on any atom is -0.00691 e. The Morgan fingerprint density at radius 2 is 1.89 bits per heavy atom. The van der Waals surface area contributed by atoms with Crippen molar-refractivity contribution >= 4 is 23.8 Å². The van der Waals surface area contributed by atoms with Crippen molar-refractivity contribution in [2.75, 3.05) is 0 Å². The Kier molecular flexibility index (Phi) is 2.38. The van der Waals surface area contributed by atoms with E-state index in [2.05, 4.69) is 55.5 Å². The topological polar surface area (TPSA) is 0 Å². The molecule has 19 heavy (non-hydrogen) atoms. The number of benzene rings is 1. The van der Waals surface area contributed by atoms with Gasteiger partial charge in [-0.2, -0.15) is 0 Å². The van der Waals surface area contributed by atoms with Gasteiger partial charge in [0.2, 0.25) is 0 Å². The quantitative estimate of drug-likeness (QED) is 0.658. The van der Waals surface area contributed by atoms with Crippen molar-refractivity contribution in [2.24, 2.45) is 5.92 Å². The molecule has 0 heteroatoms. The lowest BCUT2D eigenvalue weighted by Crippen LogP contribution is -2.34. The van der Waals surface area contributed by atoms with Crippen LogP contribution in [-0.2, 0) is 0 Å². The van der Waals surface area contributed by atoms with Gasteiger partial charge in [-0.15, -0.1) is 0 Å². The molecular formula is C19H18. The van der Waals surface area contributed by atoms with Crippen LogP contribution in [0.25, 0.3) is 23.8 Å². The Labute approximate surface area is 114 Å². The lowest BCUT2D eigenvalue weighted by Gasteiger charge is -2.22. The van der Waals surface area contributed by atoms with E-state index < -0.39 is 0 Å². The Hall–Kier alpha value is -1.82. The molecule has 0 nitrogen and oxygen atoms in total. The van der Waals surface area contributed by atoms with Gasteiger partial charge in [-0.05, 0) is 57.9 Å². The highest BCUT2D eigenvalue weighted by molar-refractivity contribution is 5.84. The molecule has 0 saturated heterocycles. The second-order valence-corrected chi connectivity index (χ2v) is 5.75. The summed E-state index contributed by atoms with van der Waals surface area (Å²) in [7, 11) is 0. The second-order valence-electron chi connectivity index (χ2n) is 5.75. The highest BCUT2D eigenvalue weighted by atomic mass is 14.2. The van der Waals surface area contributed by atoms with Gasteiger partial charge in [0.25, 0.3) is 0 Å². The highest BCUT2D eigenvalue weighted by Crippen LogP contribution is 2.31. The number of allylic oxidation sites excluding steroid dienone is 5. The third-order valence-corrected chi connectivity index (χ3v) is 4.40. The van der Waals surface area contributed by atoms with Crippen molar-refractivity contribution in [3.63, 3.8) is 0 Å². The van der Waals surface area contributed by atoms with E-state index in [9.17, 15) is 0 Å². The van der Waals surface area contributed by atoms with Gasteiger partial charge >= 0.3 is 0 Å². The maximum atomic E-state index is 2.43. The first kappa shape index (κ1) is 11.0. The SMILES string of the molecule is CC1C=Cc2ccc3c(c2=C1)=CCC1=CCCC=C13. The van der Waals surface area contributed by atoms with Crippen molar-refractivity contribution in [3.05, 3.63) is 57.5 Å². The first-order valence-electron chi connectivity index (χ1n) is 7.26. The zero-order valence-electron chi connectivity index (χ0n) is 11.3. The Balaban J connectivity index is 2.05. The summed E-state index contributed by atoms with van der Waals surface area (Å²) in [4.78, 5) is 0. The van der Waals surface area contributed by atoms with Gasteiger partial charge in [0, 0.05) is 0 Å². The van der Waals surface area contributed by atoms with Gasteiger partial charge in [0.05, 0.1) is 0 Å². The summed E-state index contributed by atoms with van der Waals surface area (Å²) in [6, 6.07) is 4.59. The molecule has 4 rings (SSSR count). The molecule has 1 aromatic carbocycles. The number of hydrogen-bond donors (Lipinski definition) is 0. The zero-order chi connectivity index (χ0) is 12.8. The van der Waals surface area contributed by atoms with Crippen LogP contribution in [0.15, 0.2) is 35.9 Å². The Bertz CT molecular complexity index is 754. The standard InChI is InChI=1S/C19H18/c1-13-6-7-15-9-10-17-16-5-3-2-4-14(16)8-11-18(17)19(15)12-13/h4-7,9-13H,2-3,8H2,1H3. The van der Waals surface area contributed by atoms with E-state index in [4.69, 9.17) is 0 Å². The van der Waals surface area contributed by atoms with Crippen molar-refractivity contribution in [1.82, 2.24) is 0 Å². The van der Waals surface area contributed by atoms with E-state index in [0.717, 1.165) is 6.42 Å². The Morgan fingerprint density at radius 3 is 2.84 bits per heavy atom. The van der Waals surface area contributed by atoms with E-state index in [1.165, 1.54) is 45.6 Å². The summed E-state index contributed by atoms with van der Waals surface area (Å²) >= 11 is 0. The van der Waals surface area contributed by atoms with Crippen LogP contribution in [-0.4, -0.2) is 0 Å². The molecule has 0 fully saturated rings. The molecule has 94 valence electrons. The second kappa shape index (κ2) is 4.09. The number of fused-ring (bicyclic) bond motifs is 5. The molecule has 1 aromatic rings. The zero-order valence-corrected chi connectivity index (χ0v) is 11.3. The van der Waals surface area contributed by atoms with Crippen LogP contribution in [0.3, 0.4) is 0 Å². The van der Waals surface area contributed by atoms with Crippen LogP contribution in [0.1, 0.15) is 37.3 Å². The van der Waals surface area contributed by atoms with Crippen LogP contribution in [0.2, 0.25) is 0 Å². The first-order valence-corrected chi connectivity index (χ1v) is 7.26. The number of hydrogen-bond acceptors (Lipinski definition) is 0. The molecule has 1 unspecified atom stereocenters. The molecule has 0 aromatic heterocycles. The van der Waals surface area contributed by atoms with Gasteiger partial charge in [0.15, 0.2) is 0 Å². The normalized spacial score (nSPS) is 23.1. The third kappa shape index (κ3) is 1.67. The molecule has 0 spiro atoms. The molecule has 1 atom stereocenters. The highest BCUT2D eigenvalue weighted by Gasteiger charge is 2.17. The lowest BCUT2D eigenvalue weighted by molar-refractivity contribution is 0.987. The predicted octanol–water partition coefficient (Wildman–Crippen LogP) is 3.42. The fraction of sp³-hybridized carbons (Fsp3) is 0.263. The van der Waals surface area contributed by atoms with E-state index in [1.54, 1.807) is 0 Å². The average molecular weight is 246 g/mol. The summed E-state index contributed by atoms with van der Waals surface area (Å²) in [5.41, 5.74) is 5.83. The molecule has 3 aliphatic rings. The lowest BCUT2D eigenvalue weighted by atomic mass is 9.83. The van der Waals surface area contributed by atoms with Crippen molar-refractivity contribution in [2.45, 2.75) is 26.2 Å². The van der Waals surface area contributed by atoms with E-state index in [1.807, 2.05) is 0 Å². The van der Waals surface area contributed by atoms with E-state index in [0.29, 0.717) is 5.92 Å². The molecule has 0 saturated carbocycles. The van der Waals surface area contributed by atoms with Crippen LogP contribution in [0, 0.1) is 5.92 Å². The molecule has 0 heterocycles. The van der Waals surface area contributed by atoms with Crippen LogP contribution >= 0.6 is 0 Å². The minimum atomic E-state index is 0.546. The minimum Gasteiger partial charge on any atom is -0.0801 e. The molecule has 3 aliphatic carbocycles. The van der Waals surface area contributed by atoms with E-state index in [-0.39, 0.29) is 0 Å². The van der Waals surface area contributed by atoms with Crippen LogP contribution in [0.4, 0.5) is 0 Å². The smallest absolute Gasteiger partial charge is 0.00691 e. The van der Waals surface area contributed by atoms with Gasteiger partial charge < -0.3 is 0 Å². The summed E-state index contributed by atoms with van der Waals surface area (Å²) in [6.07, 6.45) is 17.7. The summed E-state index contributed by atoms with van der Waals surface area (Å²) in [6.45, 7) is 2.26. The van der Waals surface area contributed by atoms with Crippen LogP contribution in [0.5, 0.6) is 0 Å². The van der Waals surface area contributed by atoms with Gasteiger partial charge in [-0.25, -0.2) is 0 Å². The van der Waals surface area contributed by atoms with E-state index >= 15 is 0 Å². The molecular weight excluding hydrogens is 228 g/mol. The summed E-state index contributed by atoms with van der Waals surface area (Å²) in [5, 5.41) is 2.90. The molecule has 0 bridgehead atoms. The van der Waals surface area contributed by atoms with Crippen molar-refractivity contribution < 1.29 is 0 Å². The maximum absolute atomic E-state index is 2.43. The molecule has 0 aliphatic heterocycles. The predicted molar refractivity (Wildman–Crippen MR) is 82.7 cm³/mol. The molecule has 0 amide bonds.